The maximum absolute atomic E-state index is 12.3. The number of carbonyl (C=O) groups excluding carboxylic acids is 1. The normalized spacial score (nSPS) is 10.1. The molecule has 112 valence electrons. The van der Waals surface area contributed by atoms with Crippen molar-refractivity contribution in [2.75, 3.05) is 12.4 Å². The number of amides is 1. The Bertz CT molecular complexity index is 735. The van der Waals surface area contributed by atoms with Crippen LogP contribution in [0.1, 0.15) is 27.8 Å². The van der Waals surface area contributed by atoms with Gasteiger partial charge in [-0.25, -0.2) is 0 Å². The van der Waals surface area contributed by atoms with Crippen molar-refractivity contribution in [3.8, 4) is 11.8 Å². The molecule has 2 aromatic rings. The second-order valence-corrected chi connectivity index (χ2v) is 4.44. The Labute approximate surface area is 127 Å². The number of carbonyl (C=O) groups is 1. The number of anilines is 1. The summed E-state index contributed by atoms with van der Waals surface area (Å²) >= 11 is 0. The molecule has 22 heavy (non-hydrogen) atoms. The summed E-state index contributed by atoms with van der Waals surface area (Å²) in [5.74, 6) is -0.133. The topological polar surface area (TPSA) is 103 Å². The number of hydrogen-bond donors (Lipinski definition) is 3. The Morgan fingerprint density at radius 1 is 1.27 bits per heavy atom. The Hall–Kier alpha value is -2.88. The van der Waals surface area contributed by atoms with E-state index in [1.807, 2.05) is 6.07 Å². The second-order valence-electron chi connectivity index (χ2n) is 4.44. The number of nitriles is 1. The third-order valence-corrected chi connectivity index (χ3v) is 3.06. The predicted octanol–water partition coefficient (Wildman–Crippen LogP) is 1.80. The molecule has 0 aliphatic carbocycles. The third kappa shape index (κ3) is 3.23. The van der Waals surface area contributed by atoms with Gasteiger partial charge in [-0.2, -0.15) is 5.26 Å². The highest BCUT2D eigenvalue weighted by Crippen LogP contribution is 2.26. The number of benzene rings is 2. The van der Waals surface area contributed by atoms with Gasteiger partial charge in [0, 0.05) is 11.1 Å². The van der Waals surface area contributed by atoms with Gasteiger partial charge in [0.2, 0.25) is 0 Å². The molecule has 0 fully saturated rings. The van der Waals surface area contributed by atoms with Crippen LogP contribution in [0, 0.1) is 11.3 Å². The van der Waals surface area contributed by atoms with Gasteiger partial charge in [0.25, 0.3) is 5.91 Å². The summed E-state index contributed by atoms with van der Waals surface area (Å²) in [6.45, 7) is 0. The molecule has 0 aliphatic rings. The largest absolute Gasteiger partial charge is 0.495 e. The van der Waals surface area contributed by atoms with Crippen LogP contribution in [0.15, 0.2) is 42.5 Å². The van der Waals surface area contributed by atoms with Crippen LogP contribution in [0.2, 0.25) is 0 Å². The first kappa shape index (κ1) is 15.5. The molecule has 1 amide bonds. The number of rotatable bonds is 4. The van der Waals surface area contributed by atoms with Crippen molar-refractivity contribution < 1.29 is 19.7 Å². The molecular weight excluding hydrogens is 284 g/mol. The molecule has 6 heteroatoms. The maximum Gasteiger partial charge on any atom is 0.256 e. The number of methoxy groups -OCH3 is 1. The molecule has 0 atom stereocenters. The van der Waals surface area contributed by atoms with Crippen LogP contribution in [0.25, 0.3) is 0 Å². The van der Waals surface area contributed by atoms with E-state index in [0.717, 1.165) is 0 Å². The number of hydrogen-bond acceptors (Lipinski definition) is 5. The molecule has 2 aromatic carbocycles. The van der Waals surface area contributed by atoms with Crippen LogP contribution in [0.5, 0.6) is 5.75 Å². The highest BCUT2D eigenvalue weighted by Gasteiger charge is 2.17. The van der Waals surface area contributed by atoms with Crippen LogP contribution >= 0.6 is 0 Å². The number of nitrogens with zero attached hydrogens (tertiary/aromatic N) is 1. The first-order valence-electron chi connectivity index (χ1n) is 6.41. The van der Waals surface area contributed by atoms with E-state index in [4.69, 9.17) is 10.00 Å². The fourth-order valence-corrected chi connectivity index (χ4v) is 1.99. The van der Waals surface area contributed by atoms with Crippen LogP contribution in [0.4, 0.5) is 5.69 Å². The zero-order chi connectivity index (χ0) is 16.1. The van der Waals surface area contributed by atoms with E-state index in [9.17, 15) is 15.0 Å². The van der Waals surface area contributed by atoms with Crippen molar-refractivity contribution in [1.29, 1.82) is 5.26 Å². The summed E-state index contributed by atoms with van der Waals surface area (Å²) in [6, 6.07) is 12.7. The molecule has 0 saturated heterocycles. The molecule has 0 saturated carbocycles. The van der Waals surface area contributed by atoms with Gasteiger partial charge < -0.3 is 20.3 Å². The minimum absolute atomic E-state index is 0.0930. The smallest absolute Gasteiger partial charge is 0.256 e. The average Bonchev–Trinajstić information content (AvgIpc) is 2.54. The number of nitrogens with one attached hydrogen (secondary N) is 1. The van der Waals surface area contributed by atoms with Crippen LogP contribution in [0.3, 0.4) is 0 Å². The van der Waals surface area contributed by atoms with Gasteiger partial charge in [0.15, 0.2) is 6.29 Å². The quantitative estimate of drug-likeness (QED) is 0.747. The summed E-state index contributed by atoms with van der Waals surface area (Å²) in [6.07, 6.45) is -1.76. The van der Waals surface area contributed by atoms with E-state index >= 15 is 0 Å². The Morgan fingerprint density at radius 3 is 2.64 bits per heavy atom. The number of aliphatic hydroxyl groups is 2. The Balaban J connectivity index is 2.36. The molecule has 3 N–H and O–H groups in total. The minimum atomic E-state index is -1.76. The van der Waals surface area contributed by atoms with E-state index in [1.54, 1.807) is 24.3 Å². The molecule has 0 unspecified atom stereocenters. The zero-order valence-electron chi connectivity index (χ0n) is 11.8. The summed E-state index contributed by atoms with van der Waals surface area (Å²) in [5, 5.41) is 30.2. The standard InChI is InChI=1S/C16H14N2O4/c1-22-14-7-6-10(9-17)8-13(14)18-15(19)11-4-2-3-5-12(11)16(20)21/h2-8,16,20-21H,1H3,(H,18,19). The third-order valence-electron chi connectivity index (χ3n) is 3.06. The van der Waals surface area contributed by atoms with E-state index in [1.165, 1.54) is 25.3 Å². The molecule has 6 nitrogen and oxygen atoms in total. The molecule has 0 aromatic heterocycles. The SMILES string of the molecule is COc1ccc(C#N)cc1NC(=O)c1ccccc1C(O)O. The average molecular weight is 298 g/mol. The lowest BCUT2D eigenvalue weighted by Crippen LogP contribution is -2.16. The molecular formula is C16H14N2O4. The van der Waals surface area contributed by atoms with E-state index < -0.39 is 12.2 Å². The Morgan fingerprint density at radius 2 is 2.00 bits per heavy atom. The maximum atomic E-state index is 12.3. The summed E-state index contributed by atoms with van der Waals surface area (Å²) in [7, 11) is 1.45. The van der Waals surface area contributed by atoms with E-state index in [0.29, 0.717) is 17.0 Å². The monoisotopic (exact) mass is 298 g/mol. The minimum Gasteiger partial charge on any atom is -0.495 e. The molecule has 0 bridgehead atoms. The van der Waals surface area contributed by atoms with Crippen LogP contribution < -0.4 is 10.1 Å². The van der Waals surface area contributed by atoms with Crippen molar-refractivity contribution >= 4 is 11.6 Å². The van der Waals surface area contributed by atoms with Gasteiger partial charge in [0.1, 0.15) is 5.75 Å². The van der Waals surface area contributed by atoms with E-state index in [2.05, 4.69) is 5.32 Å². The second kappa shape index (κ2) is 6.72. The van der Waals surface area contributed by atoms with Crippen molar-refractivity contribution in [3.63, 3.8) is 0 Å². The first-order chi connectivity index (χ1) is 10.6. The van der Waals surface area contributed by atoms with Crippen molar-refractivity contribution in [1.82, 2.24) is 0 Å². The van der Waals surface area contributed by atoms with Crippen LogP contribution in [-0.2, 0) is 0 Å². The van der Waals surface area contributed by atoms with Gasteiger partial charge in [-0.15, -0.1) is 0 Å². The first-order valence-corrected chi connectivity index (χ1v) is 6.41. The van der Waals surface area contributed by atoms with Crippen molar-refractivity contribution in [2.24, 2.45) is 0 Å². The number of ether oxygens (including phenoxy) is 1. The van der Waals surface area contributed by atoms with Gasteiger partial charge in [-0.3, -0.25) is 4.79 Å². The molecule has 0 heterocycles. The summed E-state index contributed by atoms with van der Waals surface area (Å²) in [5.41, 5.74) is 0.915. The number of aliphatic hydroxyl groups excluding tert-OH is 1. The highest BCUT2D eigenvalue weighted by molar-refractivity contribution is 6.06. The van der Waals surface area contributed by atoms with Crippen molar-refractivity contribution in [3.05, 3.63) is 59.2 Å². The van der Waals surface area contributed by atoms with Gasteiger partial charge in [-0.1, -0.05) is 18.2 Å². The zero-order valence-corrected chi connectivity index (χ0v) is 11.8. The lowest BCUT2D eigenvalue weighted by atomic mass is 10.1. The fourth-order valence-electron chi connectivity index (χ4n) is 1.99. The molecule has 0 radical (unpaired) electrons. The molecule has 0 aliphatic heterocycles. The van der Waals surface area contributed by atoms with Crippen LogP contribution in [-0.4, -0.2) is 23.2 Å². The fraction of sp³-hybridized carbons (Fsp3) is 0.125. The summed E-state index contributed by atoms with van der Waals surface area (Å²) < 4.78 is 5.14. The molecule has 2 rings (SSSR count). The lowest BCUT2D eigenvalue weighted by Gasteiger charge is -2.13. The predicted molar refractivity (Wildman–Crippen MR) is 79.3 cm³/mol. The molecule has 0 spiro atoms. The summed E-state index contributed by atoms with van der Waals surface area (Å²) in [4.78, 5) is 12.3. The Kier molecular flexibility index (Phi) is 4.73. The highest BCUT2D eigenvalue weighted by atomic mass is 16.5. The van der Waals surface area contributed by atoms with Crippen molar-refractivity contribution in [2.45, 2.75) is 6.29 Å². The lowest BCUT2D eigenvalue weighted by molar-refractivity contribution is -0.0429. The van der Waals surface area contributed by atoms with Gasteiger partial charge in [0.05, 0.1) is 24.4 Å². The van der Waals surface area contributed by atoms with Gasteiger partial charge in [-0.05, 0) is 24.3 Å². The van der Waals surface area contributed by atoms with Gasteiger partial charge >= 0.3 is 0 Å². The van der Waals surface area contributed by atoms with E-state index in [-0.39, 0.29) is 11.1 Å².